The number of pyridine rings is 2. The van der Waals surface area contributed by atoms with Gasteiger partial charge in [-0.1, -0.05) is 0 Å². The standard InChI is InChI=1S/C27H24FN5O2S/c1-17-9-21(28)3-6-24(17)25-11-19(10-22(31-25)16-36(34,35)23-4-5-23)26-14-29-27-12-18(7-8-33(26)27)20-13-30-32(2)15-20/h3,6-15,23H,4-5,16H2,1-2H3. The Balaban J connectivity index is 1.47. The van der Waals surface area contributed by atoms with Crippen LogP contribution in [0.15, 0.2) is 67.3 Å². The van der Waals surface area contributed by atoms with Crippen molar-refractivity contribution in [3.8, 4) is 33.6 Å². The monoisotopic (exact) mass is 501 g/mol. The molecular formula is C27H24FN5O2S. The van der Waals surface area contributed by atoms with Crippen molar-refractivity contribution in [2.24, 2.45) is 7.05 Å². The van der Waals surface area contributed by atoms with E-state index in [-0.39, 0.29) is 16.8 Å². The minimum atomic E-state index is -3.27. The smallest absolute Gasteiger partial charge is 0.158 e. The molecule has 1 aromatic carbocycles. The molecule has 4 heterocycles. The predicted octanol–water partition coefficient (Wildman–Crippen LogP) is 4.99. The molecule has 0 aliphatic heterocycles. The van der Waals surface area contributed by atoms with Crippen LogP contribution < -0.4 is 0 Å². The summed E-state index contributed by atoms with van der Waals surface area (Å²) in [6, 6.07) is 12.3. The third-order valence-corrected chi connectivity index (χ3v) is 8.76. The first-order chi connectivity index (χ1) is 17.3. The Morgan fingerprint density at radius 1 is 1.03 bits per heavy atom. The van der Waals surface area contributed by atoms with E-state index < -0.39 is 9.84 Å². The summed E-state index contributed by atoms with van der Waals surface area (Å²) >= 11 is 0. The first kappa shape index (κ1) is 22.6. The van der Waals surface area contributed by atoms with Gasteiger partial charge < -0.3 is 0 Å². The first-order valence-corrected chi connectivity index (χ1v) is 13.4. The molecule has 0 atom stereocenters. The highest BCUT2D eigenvalue weighted by Gasteiger charge is 2.36. The van der Waals surface area contributed by atoms with Crippen molar-refractivity contribution in [2.45, 2.75) is 30.8 Å². The van der Waals surface area contributed by atoms with Gasteiger partial charge in [0, 0.05) is 36.1 Å². The summed E-state index contributed by atoms with van der Waals surface area (Å²) in [5.41, 5.74) is 6.94. The Morgan fingerprint density at radius 3 is 2.58 bits per heavy atom. The topological polar surface area (TPSA) is 82.2 Å². The molecule has 36 heavy (non-hydrogen) atoms. The lowest BCUT2D eigenvalue weighted by Crippen LogP contribution is -2.11. The average Bonchev–Trinajstić information content (AvgIpc) is 3.49. The van der Waals surface area contributed by atoms with E-state index in [1.807, 2.05) is 61.2 Å². The lowest BCUT2D eigenvalue weighted by atomic mass is 10.0. The molecule has 0 N–H and O–H groups in total. The van der Waals surface area contributed by atoms with E-state index in [0.717, 1.165) is 39.2 Å². The molecule has 0 radical (unpaired) electrons. The third-order valence-electron chi connectivity index (χ3n) is 6.57. The predicted molar refractivity (Wildman–Crippen MR) is 136 cm³/mol. The zero-order chi connectivity index (χ0) is 25.0. The zero-order valence-electron chi connectivity index (χ0n) is 19.9. The number of hydrogen-bond acceptors (Lipinski definition) is 5. The van der Waals surface area contributed by atoms with E-state index in [4.69, 9.17) is 4.98 Å². The summed E-state index contributed by atoms with van der Waals surface area (Å²) in [4.78, 5) is 9.30. The molecule has 4 aromatic heterocycles. The molecule has 0 bridgehead atoms. The fourth-order valence-corrected chi connectivity index (χ4v) is 6.21. The molecule has 0 amide bonds. The molecule has 0 spiro atoms. The van der Waals surface area contributed by atoms with Gasteiger partial charge in [-0.3, -0.25) is 14.1 Å². The highest BCUT2D eigenvalue weighted by Crippen LogP contribution is 2.34. The molecule has 1 saturated carbocycles. The largest absolute Gasteiger partial charge is 0.300 e. The summed E-state index contributed by atoms with van der Waals surface area (Å²) in [5, 5.41) is 3.97. The maximum Gasteiger partial charge on any atom is 0.158 e. The summed E-state index contributed by atoms with van der Waals surface area (Å²) in [6.07, 6.45) is 8.89. The van der Waals surface area contributed by atoms with Crippen molar-refractivity contribution in [1.29, 1.82) is 0 Å². The van der Waals surface area contributed by atoms with Crippen LogP contribution in [0.5, 0.6) is 0 Å². The fraction of sp³-hybridized carbons (Fsp3) is 0.222. The minimum Gasteiger partial charge on any atom is -0.300 e. The van der Waals surface area contributed by atoms with Crippen LogP contribution in [0, 0.1) is 12.7 Å². The number of fused-ring (bicyclic) bond motifs is 1. The Labute approximate surface area is 208 Å². The van der Waals surface area contributed by atoms with Gasteiger partial charge in [0.05, 0.1) is 40.5 Å². The van der Waals surface area contributed by atoms with E-state index in [1.54, 1.807) is 16.9 Å². The molecule has 0 unspecified atom stereocenters. The molecule has 7 nitrogen and oxygen atoms in total. The van der Waals surface area contributed by atoms with Gasteiger partial charge in [0.25, 0.3) is 0 Å². The molecule has 182 valence electrons. The van der Waals surface area contributed by atoms with Gasteiger partial charge in [-0.2, -0.15) is 5.10 Å². The van der Waals surface area contributed by atoms with Crippen LogP contribution in [-0.4, -0.2) is 37.8 Å². The second-order valence-electron chi connectivity index (χ2n) is 9.39. The Morgan fingerprint density at radius 2 is 1.86 bits per heavy atom. The number of nitrogens with zero attached hydrogens (tertiary/aromatic N) is 5. The van der Waals surface area contributed by atoms with Gasteiger partial charge in [0.2, 0.25) is 0 Å². The number of imidazole rings is 1. The molecule has 1 fully saturated rings. The second kappa shape index (κ2) is 8.37. The Kier molecular flexibility index (Phi) is 5.26. The number of aromatic nitrogens is 5. The van der Waals surface area contributed by atoms with Crippen molar-refractivity contribution in [3.63, 3.8) is 0 Å². The van der Waals surface area contributed by atoms with Gasteiger partial charge in [0.1, 0.15) is 11.5 Å². The van der Waals surface area contributed by atoms with Gasteiger partial charge in [-0.25, -0.2) is 17.8 Å². The van der Waals surface area contributed by atoms with Crippen molar-refractivity contribution in [2.75, 3.05) is 0 Å². The van der Waals surface area contributed by atoms with Crippen LogP contribution >= 0.6 is 0 Å². The van der Waals surface area contributed by atoms with Gasteiger partial charge in [-0.15, -0.1) is 0 Å². The first-order valence-electron chi connectivity index (χ1n) is 11.7. The highest BCUT2D eigenvalue weighted by atomic mass is 32.2. The van der Waals surface area contributed by atoms with Crippen LogP contribution in [0.1, 0.15) is 24.1 Å². The average molecular weight is 502 g/mol. The Hall–Kier alpha value is -3.85. The lowest BCUT2D eigenvalue weighted by molar-refractivity contribution is 0.593. The van der Waals surface area contributed by atoms with Crippen LogP contribution in [0.4, 0.5) is 4.39 Å². The van der Waals surface area contributed by atoms with E-state index in [1.165, 1.54) is 12.1 Å². The summed E-state index contributed by atoms with van der Waals surface area (Å²) < 4.78 is 43.1. The molecule has 1 aliphatic rings. The Bertz CT molecular complexity index is 1730. The number of hydrogen-bond donors (Lipinski definition) is 0. The molecule has 0 saturated heterocycles. The maximum absolute atomic E-state index is 13.8. The maximum atomic E-state index is 13.8. The van der Waals surface area contributed by atoms with Gasteiger partial charge >= 0.3 is 0 Å². The van der Waals surface area contributed by atoms with Gasteiger partial charge in [-0.05, 0) is 73.4 Å². The van der Waals surface area contributed by atoms with E-state index in [9.17, 15) is 12.8 Å². The molecule has 9 heteroatoms. The van der Waals surface area contributed by atoms with E-state index in [2.05, 4.69) is 10.1 Å². The van der Waals surface area contributed by atoms with E-state index in [0.29, 0.717) is 24.2 Å². The van der Waals surface area contributed by atoms with Crippen molar-refractivity contribution in [3.05, 3.63) is 84.3 Å². The normalized spacial score (nSPS) is 14.0. The highest BCUT2D eigenvalue weighted by molar-refractivity contribution is 7.91. The fourth-order valence-electron chi connectivity index (χ4n) is 4.56. The summed E-state index contributed by atoms with van der Waals surface area (Å²) in [6.45, 7) is 1.82. The van der Waals surface area contributed by atoms with Crippen molar-refractivity contribution >= 4 is 15.5 Å². The molecule has 5 aromatic rings. The molecular weight excluding hydrogens is 477 g/mol. The zero-order valence-corrected chi connectivity index (χ0v) is 20.7. The number of rotatable bonds is 6. The van der Waals surface area contributed by atoms with Crippen LogP contribution in [-0.2, 0) is 22.6 Å². The number of benzene rings is 1. The van der Waals surface area contributed by atoms with Crippen LogP contribution in [0.25, 0.3) is 39.3 Å². The lowest BCUT2D eigenvalue weighted by Gasteiger charge is -2.12. The van der Waals surface area contributed by atoms with E-state index >= 15 is 0 Å². The number of halogens is 1. The second-order valence-corrected chi connectivity index (χ2v) is 11.7. The van der Waals surface area contributed by atoms with Crippen molar-refractivity contribution in [1.82, 2.24) is 24.1 Å². The molecule has 1 aliphatic carbocycles. The minimum absolute atomic E-state index is 0.124. The summed E-state index contributed by atoms with van der Waals surface area (Å²) in [7, 11) is -1.40. The number of sulfone groups is 1. The third kappa shape index (κ3) is 4.19. The quantitative estimate of drug-likeness (QED) is 0.327. The van der Waals surface area contributed by atoms with Gasteiger partial charge in [0.15, 0.2) is 9.84 Å². The van der Waals surface area contributed by atoms with Crippen molar-refractivity contribution < 1.29 is 12.8 Å². The van der Waals surface area contributed by atoms with Crippen LogP contribution in [0.2, 0.25) is 0 Å². The summed E-state index contributed by atoms with van der Waals surface area (Å²) in [5.74, 6) is -0.448. The van der Waals surface area contributed by atoms with Crippen LogP contribution in [0.3, 0.4) is 0 Å². The SMILES string of the molecule is Cc1cc(F)ccc1-c1cc(-c2cnc3cc(-c4cnn(C)c4)ccn23)cc(CS(=O)(=O)C2CC2)n1. The number of aryl methyl sites for hydroxylation is 2. The molecule has 6 rings (SSSR count).